The van der Waals surface area contributed by atoms with E-state index in [4.69, 9.17) is 9.47 Å². The van der Waals surface area contributed by atoms with Gasteiger partial charge in [-0.1, -0.05) is 24.3 Å². The molecule has 1 N–H and O–H groups in total. The summed E-state index contributed by atoms with van der Waals surface area (Å²) in [7, 11) is 0. The molecule has 0 radical (unpaired) electrons. The molecule has 1 fully saturated rings. The lowest BCUT2D eigenvalue weighted by atomic mass is 10.1. The Labute approximate surface area is 160 Å². The summed E-state index contributed by atoms with van der Waals surface area (Å²) < 4.78 is 11.7. The number of carbonyl (C=O) groups is 1. The van der Waals surface area contributed by atoms with E-state index in [2.05, 4.69) is 10.3 Å². The molecule has 6 heteroatoms. The zero-order chi connectivity index (χ0) is 18.9. The second-order valence-electron chi connectivity index (χ2n) is 6.73. The van der Waals surface area contributed by atoms with Gasteiger partial charge in [-0.25, -0.2) is 4.79 Å². The molecular weight excluding hydrogens is 342 g/mol. The van der Waals surface area contributed by atoms with Crippen molar-refractivity contribution in [1.82, 2.24) is 15.2 Å². The first-order valence-corrected chi connectivity index (χ1v) is 9.44. The number of nitrogens with zero attached hydrogens (tertiary/aromatic N) is 2. The number of amides is 2. The lowest BCUT2D eigenvalue weighted by molar-refractivity contribution is -0.000470. The number of hydrogen-bond acceptors (Lipinski definition) is 4. The van der Waals surface area contributed by atoms with Crippen LogP contribution in [0.4, 0.5) is 4.79 Å². The van der Waals surface area contributed by atoms with Crippen LogP contribution in [-0.4, -0.2) is 48.3 Å². The number of piperidine rings is 1. The van der Waals surface area contributed by atoms with E-state index < -0.39 is 0 Å². The van der Waals surface area contributed by atoms with E-state index in [1.54, 1.807) is 6.20 Å². The third-order valence-corrected chi connectivity index (χ3v) is 4.60. The second-order valence-corrected chi connectivity index (χ2v) is 6.73. The first kappa shape index (κ1) is 19.2. The normalized spacial score (nSPS) is 16.8. The van der Waals surface area contributed by atoms with Crippen LogP contribution in [0.1, 0.15) is 24.0 Å². The minimum absolute atomic E-state index is 0.0574. The van der Waals surface area contributed by atoms with Crippen molar-refractivity contribution in [2.75, 3.05) is 26.2 Å². The maximum atomic E-state index is 12.4. The molecule has 0 spiro atoms. The van der Waals surface area contributed by atoms with Crippen LogP contribution in [-0.2, 0) is 11.3 Å². The van der Waals surface area contributed by atoms with E-state index in [0.717, 1.165) is 36.3 Å². The van der Waals surface area contributed by atoms with Gasteiger partial charge in [0.2, 0.25) is 0 Å². The molecule has 144 valence electrons. The smallest absolute Gasteiger partial charge is 0.317 e. The Hall–Kier alpha value is -2.60. The summed E-state index contributed by atoms with van der Waals surface area (Å²) in [4.78, 5) is 18.3. The summed E-state index contributed by atoms with van der Waals surface area (Å²) in [6.45, 7) is 4.84. The summed E-state index contributed by atoms with van der Waals surface area (Å²) in [6, 6.07) is 11.7. The summed E-state index contributed by atoms with van der Waals surface area (Å²) in [6.07, 6.45) is 5.54. The van der Waals surface area contributed by atoms with Crippen molar-refractivity contribution < 1.29 is 14.3 Å². The van der Waals surface area contributed by atoms with E-state index in [-0.39, 0.29) is 12.1 Å². The Morgan fingerprint density at radius 1 is 1.30 bits per heavy atom. The van der Waals surface area contributed by atoms with Crippen LogP contribution in [0.2, 0.25) is 0 Å². The van der Waals surface area contributed by atoms with Crippen molar-refractivity contribution in [3.63, 3.8) is 0 Å². The number of para-hydroxylation sites is 1. The van der Waals surface area contributed by atoms with E-state index >= 15 is 0 Å². The predicted octanol–water partition coefficient (Wildman–Crippen LogP) is 3.16. The largest absolute Gasteiger partial charge is 0.491 e. The fraction of sp³-hybridized carbons (Fsp3) is 0.429. The van der Waals surface area contributed by atoms with E-state index in [1.165, 1.54) is 0 Å². The summed E-state index contributed by atoms with van der Waals surface area (Å²) in [5.41, 5.74) is 2.14. The Balaban J connectivity index is 1.37. The predicted molar refractivity (Wildman–Crippen MR) is 104 cm³/mol. The van der Waals surface area contributed by atoms with Crippen LogP contribution >= 0.6 is 0 Å². The van der Waals surface area contributed by atoms with Gasteiger partial charge in [0.15, 0.2) is 0 Å². The number of carbonyl (C=O) groups excluding carboxylic acids is 1. The molecule has 0 saturated carbocycles. The molecular formula is C21H27N3O3. The average molecular weight is 369 g/mol. The number of likely N-dealkylation sites (tertiary alicyclic amines) is 1. The zero-order valence-electron chi connectivity index (χ0n) is 15.8. The fourth-order valence-corrected chi connectivity index (χ4v) is 3.11. The maximum Gasteiger partial charge on any atom is 0.317 e. The van der Waals surface area contributed by atoms with Crippen LogP contribution in [0.15, 0.2) is 48.8 Å². The highest BCUT2D eigenvalue weighted by atomic mass is 16.5. The minimum Gasteiger partial charge on any atom is -0.491 e. The number of hydrogen-bond donors (Lipinski definition) is 1. The molecule has 1 aliphatic rings. The molecule has 3 rings (SSSR count). The zero-order valence-corrected chi connectivity index (χ0v) is 15.8. The van der Waals surface area contributed by atoms with E-state index in [0.29, 0.717) is 26.3 Å². The Morgan fingerprint density at radius 2 is 2.19 bits per heavy atom. The van der Waals surface area contributed by atoms with Gasteiger partial charge in [-0.15, -0.1) is 0 Å². The second kappa shape index (κ2) is 9.92. The topological polar surface area (TPSA) is 63.7 Å². The van der Waals surface area contributed by atoms with Gasteiger partial charge in [0.25, 0.3) is 0 Å². The van der Waals surface area contributed by atoms with Gasteiger partial charge in [0.1, 0.15) is 12.4 Å². The lowest BCUT2D eigenvalue weighted by Crippen LogP contribution is -2.48. The summed E-state index contributed by atoms with van der Waals surface area (Å²) in [5.74, 6) is 0.855. The highest BCUT2D eigenvalue weighted by molar-refractivity contribution is 5.74. The monoisotopic (exact) mass is 369 g/mol. The highest BCUT2D eigenvalue weighted by Crippen LogP contribution is 2.16. The number of aryl methyl sites for hydroxylation is 1. The molecule has 2 heterocycles. The lowest BCUT2D eigenvalue weighted by Gasteiger charge is -2.32. The van der Waals surface area contributed by atoms with E-state index in [9.17, 15) is 4.79 Å². The van der Waals surface area contributed by atoms with Gasteiger partial charge in [-0.3, -0.25) is 4.98 Å². The molecule has 1 aromatic carbocycles. The molecule has 1 aromatic heterocycles. The van der Waals surface area contributed by atoms with Gasteiger partial charge in [0.05, 0.1) is 19.3 Å². The van der Waals surface area contributed by atoms with Gasteiger partial charge in [0, 0.05) is 25.5 Å². The molecule has 2 amide bonds. The van der Waals surface area contributed by atoms with Crippen LogP contribution < -0.4 is 10.1 Å². The molecule has 0 unspecified atom stereocenters. The Kier molecular flexibility index (Phi) is 7.04. The van der Waals surface area contributed by atoms with Crippen molar-refractivity contribution in [3.05, 3.63) is 59.9 Å². The number of nitrogens with one attached hydrogen (secondary N) is 1. The van der Waals surface area contributed by atoms with Crippen molar-refractivity contribution in [2.24, 2.45) is 0 Å². The molecule has 27 heavy (non-hydrogen) atoms. The number of urea groups is 1. The number of benzene rings is 1. The summed E-state index contributed by atoms with van der Waals surface area (Å²) >= 11 is 0. The van der Waals surface area contributed by atoms with Crippen molar-refractivity contribution in [1.29, 1.82) is 0 Å². The molecule has 6 nitrogen and oxygen atoms in total. The maximum absolute atomic E-state index is 12.4. The van der Waals surface area contributed by atoms with Crippen LogP contribution in [0.5, 0.6) is 5.75 Å². The van der Waals surface area contributed by atoms with E-state index in [1.807, 2.05) is 54.4 Å². The fourth-order valence-electron chi connectivity index (χ4n) is 3.11. The van der Waals surface area contributed by atoms with Crippen LogP contribution in [0.25, 0.3) is 0 Å². The van der Waals surface area contributed by atoms with Crippen molar-refractivity contribution in [3.8, 4) is 5.75 Å². The number of ether oxygens (including phenoxy) is 2. The van der Waals surface area contributed by atoms with Crippen molar-refractivity contribution >= 4 is 6.03 Å². The first-order valence-electron chi connectivity index (χ1n) is 9.44. The molecule has 0 aliphatic carbocycles. The molecule has 1 aliphatic heterocycles. The standard InChI is InChI=1S/C21H27N3O3/c1-17-6-2-3-9-20(17)26-13-11-23-21(25)24-12-5-8-19(15-24)27-16-18-7-4-10-22-14-18/h2-4,6-7,9-10,14,19H,5,8,11-13,15-16H2,1H3,(H,23,25)/t19-/m1/s1. The van der Waals surface area contributed by atoms with Gasteiger partial charge < -0.3 is 19.7 Å². The number of aromatic nitrogens is 1. The van der Waals surface area contributed by atoms with Gasteiger partial charge in [-0.05, 0) is 43.0 Å². The molecule has 1 saturated heterocycles. The number of rotatable bonds is 7. The van der Waals surface area contributed by atoms with Gasteiger partial charge in [-0.2, -0.15) is 0 Å². The third kappa shape index (κ3) is 5.96. The third-order valence-electron chi connectivity index (χ3n) is 4.60. The molecule has 2 aromatic rings. The van der Waals surface area contributed by atoms with Crippen molar-refractivity contribution in [2.45, 2.75) is 32.5 Å². The molecule has 1 atom stereocenters. The quantitative estimate of drug-likeness (QED) is 0.762. The highest BCUT2D eigenvalue weighted by Gasteiger charge is 2.24. The van der Waals surface area contributed by atoms with Crippen LogP contribution in [0, 0.1) is 6.92 Å². The summed E-state index contributed by atoms with van der Waals surface area (Å²) in [5, 5.41) is 2.93. The molecule has 0 bridgehead atoms. The Morgan fingerprint density at radius 3 is 3.00 bits per heavy atom. The Bertz CT molecular complexity index is 724. The SMILES string of the molecule is Cc1ccccc1OCCNC(=O)N1CCC[C@@H](OCc2cccnc2)C1. The van der Waals surface area contributed by atoms with Crippen LogP contribution in [0.3, 0.4) is 0 Å². The minimum atomic E-state index is -0.0574. The first-order chi connectivity index (χ1) is 13.2. The van der Waals surface area contributed by atoms with Gasteiger partial charge >= 0.3 is 6.03 Å². The number of pyridine rings is 1. The average Bonchev–Trinajstić information content (AvgIpc) is 2.72.